The van der Waals surface area contributed by atoms with Crippen LogP contribution >= 0.6 is 27.3 Å². The van der Waals surface area contributed by atoms with Gasteiger partial charge in [0, 0.05) is 9.35 Å². The molecule has 0 saturated heterocycles. The summed E-state index contributed by atoms with van der Waals surface area (Å²) in [5.41, 5.74) is 2.06. The number of hydrogen-bond donors (Lipinski definition) is 0. The second kappa shape index (κ2) is 6.13. The van der Waals surface area contributed by atoms with Gasteiger partial charge in [-0.1, -0.05) is 28.1 Å². The molecule has 1 unspecified atom stereocenters. The first-order valence-corrected chi connectivity index (χ1v) is 8.61. The summed E-state index contributed by atoms with van der Waals surface area (Å²) in [7, 11) is 0. The fraction of sp³-hybridized carbons (Fsp3) is 0.294. The van der Waals surface area contributed by atoms with Crippen molar-refractivity contribution < 1.29 is 4.79 Å². The Morgan fingerprint density at radius 3 is 2.81 bits per heavy atom. The number of rotatable bonds is 3. The van der Waals surface area contributed by atoms with Crippen LogP contribution in [0.15, 0.2) is 34.8 Å². The number of ketones is 1. The molecule has 1 aliphatic carbocycles. The van der Waals surface area contributed by atoms with E-state index in [1.54, 1.807) is 11.3 Å². The maximum Gasteiger partial charge on any atom is 0.194 e. The summed E-state index contributed by atoms with van der Waals surface area (Å²) < 4.78 is 0.888. The zero-order chi connectivity index (χ0) is 14.8. The third-order valence-electron chi connectivity index (χ3n) is 3.81. The Morgan fingerprint density at radius 1 is 1.29 bits per heavy atom. The lowest BCUT2D eigenvalue weighted by molar-refractivity contribution is 0.0982. The van der Waals surface area contributed by atoms with E-state index in [2.05, 4.69) is 22.0 Å². The first kappa shape index (κ1) is 14.5. The lowest BCUT2D eigenvalue weighted by Crippen LogP contribution is -2.09. The van der Waals surface area contributed by atoms with Crippen LogP contribution in [0.4, 0.5) is 0 Å². The van der Waals surface area contributed by atoms with Gasteiger partial charge in [0.1, 0.15) is 5.92 Å². The summed E-state index contributed by atoms with van der Waals surface area (Å²) in [5.74, 6) is -0.794. The van der Waals surface area contributed by atoms with E-state index >= 15 is 0 Å². The molecule has 106 valence electrons. The van der Waals surface area contributed by atoms with Crippen LogP contribution in [0.1, 0.15) is 44.4 Å². The number of hydrogen-bond acceptors (Lipinski definition) is 3. The zero-order valence-corrected chi connectivity index (χ0v) is 13.8. The normalized spacial score (nSPS) is 15.0. The van der Waals surface area contributed by atoms with Crippen LogP contribution in [0.25, 0.3) is 0 Å². The van der Waals surface area contributed by atoms with E-state index in [9.17, 15) is 10.1 Å². The Hall–Kier alpha value is -1.44. The summed E-state index contributed by atoms with van der Waals surface area (Å²) in [6.07, 6.45) is 4.54. The van der Waals surface area contributed by atoms with Crippen LogP contribution in [-0.4, -0.2) is 5.78 Å². The van der Waals surface area contributed by atoms with E-state index in [4.69, 9.17) is 0 Å². The molecular weight excluding hydrogens is 346 g/mol. The van der Waals surface area contributed by atoms with Crippen LogP contribution in [0.2, 0.25) is 0 Å². The Morgan fingerprint density at radius 2 is 2.10 bits per heavy atom. The average Bonchev–Trinajstić information content (AvgIpc) is 2.92. The minimum atomic E-state index is -0.720. The third-order valence-corrected chi connectivity index (χ3v) is 5.56. The summed E-state index contributed by atoms with van der Waals surface area (Å²) >= 11 is 4.97. The number of aryl methyl sites for hydroxylation is 2. The number of halogens is 1. The van der Waals surface area contributed by atoms with Crippen molar-refractivity contribution in [3.05, 3.63) is 55.7 Å². The molecule has 3 rings (SSSR count). The van der Waals surface area contributed by atoms with E-state index in [1.807, 2.05) is 30.3 Å². The Kier molecular flexibility index (Phi) is 4.23. The van der Waals surface area contributed by atoms with Crippen molar-refractivity contribution in [3.63, 3.8) is 0 Å². The van der Waals surface area contributed by atoms with Gasteiger partial charge in [-0.25, -0.2) is 0 Å². The molecule has 0 radical (unpaired) electrons. The van der Waals surface area contributed by atoms with Crippen LogP contribution < -0.4 is 0 Å². The highest BCUT2D eigenvalue weighted by Crippen LogP contribution is 2.33. The van der Waals surface area contributed by atoms with E-state index < -0.39 is 5.92 Å². The highest BCUT2D eigenvalue weighted by Gasteiger charge is 2.25. The number of carbonyl (C=O) groups is 1. The SMILES string of the molecule is N#CC(C(=O)c1cc2c(s1)CCCC2)c1cccc(Br)c1. The smallest absolute Gasteiger partial charge is 0.194 e. The summed E-state index contributed by atoms with van der Waals surface area (Å²) in [4.78, 5) is 14.7. The molecule has 0 spiro atoms. The van der Waals surface area contributed by atoms with Crippen molar-refractivity contribution in [1.82, 2.24) is 0 Å². The van der Waals surface area contributed by atoms with Crippen LogP contribution in [-0.2, 0) is 12.8 Å². The molecular formula is C17H14BrNOS. The average molecular weight is 360 g/mol. The fourth-order valence-corrected chi connectivity index (χ4v) is 4.37. The third kappa shape index (κ3) is 2.95. The maximum absolute atomic E-state index is 12.7. The highest BCUT2D eigenvalue weighted by molar-refractivity contribution is 9.10. The zero-order valence-electron chi connectivity index (χ0n) is 11.4. The second-order valence-electron chi connectivity index (χ2n) is 5.25. The summed E-state index contributed by atoms with van der Waals surface area (Å²) in [6, 6.07) is 11.6. The van der Waals surface area contributed by atoms with Crippen LogP contribution in [0.5, 0.6) is 0 Å². The Balaban J connectivity index is 1.92. The lowest BCUT2D eigenvalue weighted by atomic mass is 9.94. The molecule has 1 aliphatic rings. The first-order chi connectivity index (χ1) is 10.2. The Labute approximate surface area is 136 Å². The molecule has 1 heterocycles. The van der Waals surface area contributed by atoms with Gasteiger partial charge < -0.3 is 0 Å². The molecule has 4 heteroatoms. The van der Waals surface area contributed by atoms with Gasteiger partial charge in [0.05, 0.1) is 10.9 Å². The number of carbonyl (C=O) groups excluding carboxylic acids is 1. The molecule has 0 saturated carbocycles. The van der Waals surface area contributed by atoms with Gasteiger partial charge in [0.15, 0.2) is 5.78 Å². The van der Waals surface area contributed by atoms with Crippen molar-refractivity contribution in [1.29, 1.82) is 5.26 Å². The highest BCUT2D eigenvalue weighted by atomic mass is 79.9. The monoisotopic (exact) mass is 359 g/mol. The van der Waals surface area contributed by atoms with Crippen molar-refractivity contribution >= 4 is 33.0 Å². The van der Waals surface area contributed by atoms with E-state index in [1.165, 1.54) is 23.3 Å². The van der Waals surface area contributed by atoms with Gasteiger partial charge in [-0.3, -0.25) is 4.79 Å². The molecule has 0 bridgehead atoms. The van der Waals surface area contributed by atoms with Gasteiger partial charge in [-0.05, 0) is 55.0 Å². The number of benzene rings is 1. The van der Waals surface area contributed by atoms with Gasteiger partial charge in [0.2, 0.25) is 0 Å². The summed E-state index contributed by atoms with van der Waals surface area (Å²) in [6.45, 7) is 0. The molecule has 0 fully saturated rings. The topological polar surface area (TPSA) is 40.9 Å². The molecule has 0 N–H and O–H groups in total. The fourth-order valence-electron chi connectivity index (χ4n) is 2.73. The van der Waals surface area contributed by atoms with E-state index in [0.717, 1.165) is 27.8 Å². The molecule has 0 aliphatic heterocycles. The number of nitrogens with zero attached hydrogens (tertiary/aromatic N) is 1. The van der Waals surface area contributed by atoms with Crippen molar-refractivity contribution in [2.45, 2.75) is 31.6 Å². The molecule has 2 nitrogen and oxygen atoms in total. The number of thiophene rings is 1. The molecule has 1 aromatic heterocycles. The van der Waals surface area contributed by atoms with Gasteiger partial charge in [0.25, 0.3) is 0 Å². The Bertz CT molecular complexity index is 705. The largest absolute Gasteiger partial charge is 0.291 e. The lowest BCUT2D eigenvalue weighted by Gasteiger charge is -2.08. The molecule has 1 aromatic carbocycles. The number of nitriles is 1. The van der Waals surface area contributed by atoms with Gasteiger partial charge >= 0.3 is 0 Å². The van der Waals surface area contributed by atoms with E-state index in [-0.39, 0.29) is 5.78 Å². The number of fused-ring (bicyclic) bond motifs is 1. The van der Waals surface area contributed by atoms with Crippen molar-refractivity contribution in [2.24, 2.45) is 0 Å². The van der Waals surface area contributed by atoms with Gasteiger partial charge in [-0.15, -0.1) is 11.3 Å². The number of Topliss-reactive ketones (excluding diaryl/α,β-unsaturated/α-hetero) is 1. The van der Waals surface area contributed by atoms with Crippen LogP contribution in [0.3, 0.4) is 0 Å². The minimum Gasteiger partial charge on any atom is -0.291 e. The maximum atomic E-state index is 12.7. The molecule has 0 amide bonds. The predicted octanol–water partition coefficient (Wildman–Crippen LogP) is 4.88. The molecule has 21 heavy (non-hydrogen) atoms. The first-order valence-electron chi connectivity index (χ1n) is 7.00. The van der Waals surface area contributed by atoms with E-state index in [0.29, 0.717) is 0 Å². The van der Waals surface area contributed by atoms with Crippen molar-refractivity contribution in [2.75, 3.05) is 0 Å². The molecule has 2 aromatic rings. The van der Waals surface area contributed by atoms with Gasteiger partial charge in [-0.2, -0.15) is 5.26 Å². The minimum absolute atomic E-state index is 0.0741. The molecule has 1 atom stereocenters. The predicted molar refractivity (Wildman–Crippen MR) is 87.8 cm³/mol. The van der Waals surface area contributed by atoms with Crippen molar-refractivity contribution in [3.8, 4) is 6.07 Å². The second-order valence-corrected chi connectivity index (χ2v) is 7.30. The van der Waals surface area contributed by atoms with Crippen LogP contribution in [0, 0.1) is 11.3 Å². The summed E-state index contributed by atoms with van der Waals surface area (Å²) in [5, 5.41) is 9.42. The standard InChI is InChI=1S/C17H14BrNOS/c18-13-6-3-5-11(8-13)14(10-19)17(20)16-9-12-4-1-2-7-15(12)21-16/h3,5-6,8-9,14H,1-2,4,7H2. The quantitative estimate of drug-likeness (QED) is 0.732.